The van der Waals surface area contributed by atoms with Crippen molar-refractivity contribution in [2.45, 2.75) is 5.16 Å². The zero-order valence-electron chi connectivity index (χ0n) is 9.62. The molecule has 3 aromatic rings. The van der Waals surface area contributed by atoms with Crippen LogP contribution in [0.15, 0.2) is 35.7 Å². The van der Waals surface area contributed by atoms with E-state index in [0.717, 1.165) is 27.3 Å². The van der Waals surface area contributed by atoms with Crippen molar-refractivity contribution in [2.24, 2.45) is 14.1 Å². The number of nitrogens with zero attached hydrogens (tertiary/aromatic N) is 4. The molecule has 0 fully saturated rings. The summed E-state index contributed by atoms with van der Waals surface area (Å²) in [6, 6.07) is 6.18. The summed E-state index contributed by atoms with van der Waals surface area (Å²) in [5, 5.41) is 4.91. The maximum absolute atomic E-state index is 4.36. The molecular weight excluding hydrogens is 232 g/mol. The van der Waals surface area contributed by atoms with Crippen molar-refractivity contribution in [3.8, 4) is 11.1 Å². The second-order valence-electron chi connectivity index (χ2n) is 4.08. The van der Waals surface area contributed by atoms with Crippen LogP contribution in [0.4, 0.5) is 0 Å². The standard InChI is InChI=1S/C12H12N4S/c1-15-7-9(6-13-15)8-3-4-10-11(5-8)16(2)12(17)14-10/h3-7H,1-2H3,(H,14,17). The molecule has 5 heteroatoms. The number of rotatable bonds is 1. The quantitative estimate of drug-likeness (QED) is 0.666. The zero-order chi connectivity index (χ0) is 12.0. The first-order valence-corrected chi connectivity index (χ1v) is 5.74. The smallest absolute Gasteiger partial charge is 0.165 e. The highest BCUT2D eigenvalue weighted by Crippen LogP contribution is 2.24. The molecule has 0 spiro atoms. The fraction of sp³-hybridized carbons (Fsp3) is 0.167. The van der Waals surface area contributed by atoms with Gasteiger partial charge in [0.2, 0.25) is 0 Å². The van der Waals surface area contributed by atoms with Gasteiger partial charge in [0, 0.05) is 25.9 Å². The Morgan fingerprint density at radius 3 is 2.71 bits per heavy atom. The average molecular weight is 244 g/mol. The number of hydrogen-bond acceptors (Lipinski definition) is 3. The lowest BCUT2D eigenvalue weighted by Gasteiger charge is -1.99. The van der Waals surface area contributed by atoms with Crippen LogP contribution in [0.1, 0.15) is 0 Å². The van der Waals surface area contributed by atoms with Crippen LogP contribution >= 0.6 is 12.6 Å². The molecule has 0 bridgehead atoms. The van der Waals surface area contributed by atoms with Crippen molar-refractivity contribution in [3.05, 3.63) is 30.6 Å². The van der Waals surface area contributed by atoms with Gasteiger partial charge in [-0.2, -0.15) is 5.10 Å². The number of thiol groups is 1. The van der Waals surface area contributed by atoms with E-state index in [2.05, 4.69) is 34.8 Å². The van der Waals surface area contributed by atoms with Gasteiger partial charge in [-0.1, -0.05) is 6.07 Å². The van der Waals surface area contributed by atoms with Crippen LogP contribution in [0.5, 0.6) is 0 Å². The maximum atomic E-state index is 4.36. The van der Waals surface area contributed by atoms with Gasteiger partial charge in [0.1, 0.15) is 0 Å². The van der Waals surface area contributed by atoms with E-state index in [1.807, 2.05) is 37.1 Å². The third kappa shape index (κ3) is 1.63. The van der Waals surface area contributed by atoms with Gasteiger partial charge >= 0.3 is 0 Å². The highest BCUT2D eigenvalue weighted by Gasteiger charge is 2.07. The molecule has 2 aromatic heterocycles. The molecular formula is C12H12N4S. The highest BCUT2D eigenvalue weighted by molar-refractivity contribution is 7.80. The third-order valence-electron chi connectivity index (χ3n) is 2.90. The number of aromatic nitrogens is 4. The van der Waals surface area contributed by atoms with Gasteiger partial charge in [-0.25, -0.2) is 4.98 Å². The first-order valence-electron chi connectivity index (χ1n) is 5.29. The minimum atomic E-state index is 0.725. The van der Waals surface area contributed by atoms with Gasteiger partial charge in [-0.05, 0) is 17.7 Å². The van der Waals surface area contributed by atoms with Crippen molar-refractivity contribution in [1.29, 1.82) is 0 Å². The lowest BCUT2D eigenvalue weighted by atomic mass is 10.1. The summed E-state index contributed by atoms with van der Waals surface area (Å²) < 4.78 is 3.77. The minimum Gasteiger partial charge on any atom is -0.322 e. The number of fused-ring (bicyclic) bond motifs is 1. The van der Waals surface area contributed by atoms with E-state index in [1.54, 1.807) is 4.68 Å². The van der Waals surface area contributed by atoms with Crippen LogP contribution < -0.4 is 0 Å². The summed E-state index contributed by atoms with van der Waals surface area (Å²) in [4.78, 5) is 4.36. The summed E-state index contributed by atoms with van der Waals surface area (Å²) in [7, 11) is 3.88. The predicted molar refractivity (Wildman–Crippen MR) is 70.2 cm³/mol. The third-order valence-corrected chi connectivity index (χ3v) is 3.30. The first-order chi connectivity index (χ1) is 8.15. The largest absolute Gasteiger partial charge is 0.322 e. The predicted octanol–water partition coefficient (Wildman–Crippen LogP) is 2.26. The topological polar surface area (TPSA) is 35.6 Å². The molecule has 0 atom stereocenters. The van der Waals surface area contributed by atoms with Gasteiger partial charge in [0.15, 0.2) is 5.16 Å². The molecule has 2 heterocycles. The average Bonchev–Trinajstić information content (AvgIpc) is 2.85. The van der Waals surface area contributed by atoms with Crippen LogP contribution in [0.3, 0.4) is 0 Å². The Hall–Kier alpha value is -1.75. The summed E-state index contributed by atoms with van der Waals surface area (Å²) in [6.45, 7) is 0. The molecule has 0 aliphatic carbocycles. The molecule has 0 N–H and O–H groups in total. The first kappa shape index (κ1) is 10.4. The summed E-state index contributed by atoms with van der Waals surface area (Å²) in [6.07, 6.45) is 3.86. The van der Waals surface area contributed by atoms with E-state index < -0.39 is 0 Å². The van der Waals surface area contributed by atoms with Crippen LogP contribution in [-0.4, -0.2) is 19.3 Å². The molecule has 0 amide bonds. The van der Waals surface area contributed by atoms with Crippen molar-refractivity contribution in [1.82, 2.24) is 19.3 Å². The molecule has 0 aliphatic rings. The molecule has 4 nitrogen and oxygen atoms in total. The number of imidazole rings is 1. The normalized spacial score (nSPS) is 11.2. The van der Waals surface area contributed by atoms with E-state index in [0.29, 0.717) is 0 Å². The van der Waals surface area contributed by atoms with Crippen LogP contribution in [0, 0.1) is 0 Å². The van der Waals surface area contributed by atoms with Gasteiger partial charge in [0.25, 0.3) is 0 Å². The van der Waals surface area contributed by atoms with E-state index in [4.69, 9.17) is 0 Å². The Balaban J connectivity index is 2.22. The lowest BCUT2D eigenvalue weighted by Crippen LogP contribution is -1.87. The van der Waals surface area contributed by atoms with Gasteiger partial charge in [0.05, 0.1) is 17.2 Å². The molecule has 0 radical (unpaired) electrons. The Morgan fingerprint density at radius 1 is 1.18 bits per heavy atom. The second kappa shape index (κ2) is 3.63. The van der Waals surface area contributed by atoms with Crippen molar-refractivity contribution in [2.75, 3.05) is 0 Å². The summed E-state index contributed by atoms with van der Waals surface area (Å²) in [5.74, 6) is 0. The molecule has 0 saturated carbocycles. The van der Waals surface area contributed by atoms with Gasteiger partial charge in [-0.15, -0.1) is 12.6 Å². The Bertz CT molecular complexity index is 696. The zero-order valence-corrected chi connectivity index (χ0v) is 10.5. The number of hydrogen-bond donors (Lipinski definition) is 1. The van der Waals surface area contributed by atoms with Crippen LogP contribution in [0.25, 0.3) is 22.2 Å². The number of aryl methyl sites for hydroxylation is 2. The Labute approximate surface area is 104 Å². The molecule has 0 aliphatic heterocycles. The summed E-state index contributed by atoms with van der Waals surface area (Å²) in [5.41, 5.74) is 4.29. The molecule has 86 valence electrons. The molecule has 1 aromatic carbocycles. The molecule has 17 heavy (non-hydrogen) atoms. The van der Waals surface area contributed by atoms with E-state index in [9.17, 15) is 0 Å². The maximum Gasteiger partial charge on any atom is 0.165 e. The second-order valence-corrected chi connectivity index (χ2v) is 4.48. The SMILES string of the molecule is Cn1cc(-c2ccc3nc(S)n(C)c3c2)cn1. The number of benzene rings is 1. The monoisotopic (exact) mass is 244 g/mol. The van der Waals surface area contributed by atoms with E-state index in [1.165, 1.54) is 0 Å². The van der Waals surface area contributed by atoms with E-state index >= 15 is 0 Å². The Morgan fingerprint density at radius 2 is 2.00 bits per heavy atom. The van der Waals surface area contributed by atoms with Gasteiger partial charge < -0.3 is 4.57 Å². The molecule has 3 rings (SSSR count). The van der Waals surface area contributed by atoms with Crippen molar-refractivity contribution < 1.29 is 0 Å². The highest BCUT2D eigenvalue weighted by atomic mass is 32.1. The molecule has 0 saturated heterocycles. The minimum absolute atomic E-state index is 0.725. The van der Waals surface area contributed by atoms with E-state index in [-0.39, 0.29) is 0 Å². The van der Waals surface area contributed by atoms with Crippen molar-refractivity contribution >= 4 is 23.7 Å². The lowest BCUT2D eigenvalue weighted by molar-refractivity contribution is 0.768. The van der Waals surface area contributed by atoms with Crippen molar-refractivity contribution in [3.63, 3.8) is 0 Å². The van der Waals surface area contributed by atoms with Gasteiger partial charge in [-0.3, -0.25) is 4.68 Å². The Kier molecular flexibility index (Phi) is 2.22. The fourth-order valence-electron chi connectivity index (χ4n) is 1.93. The van der Waals surface area contributed by atoms with Crippen LogP contribution in [0.2, 0.25) is 0 Å². The molecule has 0 unspecified atom stereocenters. The fourth-order valence-corrected chi connectivity index (χ4v) is 2.14. The summed E-state index contributed by atoms with van der Waals surface area (Å²) >= 11 is 4.32. The van der Waals surface area contributed by atoms with Crippen LogP contribution in [-0.2, 0) is 14.1 Å².